The fraction of sp³-hybridized carbons (Fsp3) is 0.533. The summed E-state index contributed by atoms with van der Waals surface area (Å²) < 4.78 is 26.2. The predicted molar refractivity (Wildman–Crippen MR) is 92.6 cm³/mol. The van der Waals surface area contributed by atoms with Crippen molar-refractivity contribution in [2.24, 2.45) is 0 Å². The zero-order valence-electron chi connectivity index (χ0n) is 13.6. The number of amides is 2. The van der Waals surface area contributed by atoms with Crippen LogP contribution >= 0.6 is 0 Å². The van der Waals surface area contributed by atoms with Crippen molar-refractivity contribution in [2.75, 3.05) is 18.4 Å². The van der Waals surface area contributed by atoms with Crippen LogP contribution in [0.15, 0.2) is 18.5 Å². The smallest absolute Gasteiger partial charge is 0.320 e. The van der Waals surface area contributed by atoms with Crippen LogP contribution in [-0.2, 0) is 10.0 Å². The summed E-state index contributed by atoms with van der Waals surface area (Å²) in [5, 5.41) is 5.27. The van der Waals surface area contributed by atoms with Crippen molar-refractivity contribution in [3.8, 4) is 0 Å². The maximum Gasteiger partial charge on any atom is 0.320 e. The van der Waals surface area contributed by atoms with Gasteiger partial charge < -0.3 is 10.3 Å². The number of rotatable bonds is 4. The van der Waals surface area contributed by atoms with Crippen molar-refractivity contribution in [1.29, 1.82) is 0 Å². The molecule has 3 heterocycles. The van der Waals surface area contributed by atoms with Crippen LogP contribution < -0.4 is 10.6 Å². The molecule has 2 aromatic rings. The van der Waals surface area contributed by atoms with Crippen molar-refractivity contribution >= 4 is 33.0 Å². The second-order valence-electron chi connectivity index (χ2n) is 6.51. The zero-order valence-corrected chi connectivity index (χ0v) is 14.4. The van der Waals surface area contributed by atoms with Crippen LogP contribution in [0.2, 0.25) is 0 Å². The number of aromatic nitrogens is 3. The predicted octanol–water partition coefficient (Wildman–Crippen LogP) is 1.04. The lowest BCUT2D eigenvalue weighted by Gasteiger charge is -2.32. The number of carbonyl (C=O) groups excluding carboxylic acids is 1. The summed E-state index contributed by atoms with van der Waals surface area (Å²) in [6.07, 6.45) is 6.20. The number of anilines is 1. The third-order valence-corrected chi connectivity index (χ3v) is 6.89. The summed E-state index contributed by atoms with van der Waals surface area (Å²) in [5.74, 6) is 0.350. The molecule has 2 fully saturated rings. The van der Waals surface area contributed by atoms with Gasteiger partial charge in [0.15, 0.2) is 11.5 Å². The summed E-state index contributed by atoms with van der Waals surface area (Å²) in [6, 6.07) is 1.17. The number of nitrogens with zero attached hydrogens (tertiary/aromatic N) is 3. The van der Waals surface area contributed by atoms with E-state index in [2.05, 4.69) is 25.6 Å². The molecular weight excluding hydrogens is 344 g/mol. The molecule has 134 valence electrons. The molecule has 2 aromatic heterocycles. The van der Waals surface area contributed by atoms with Gasteiger partial charge in [-0.05, 0) is 31.7 Å². The Morgan fingerprint density at radius 3 is 2.96 bits per heavy atom. The second-order valence-corrected chi connectivity index (χ2v) is 8.72. The van der Waals surface area contributed by atoms with E-state index >= 15 is 0 Å². The maximum absolute atomic E-state index is 12.3. The van der Waals surface area contributed by atoms with Gasteiger partial charge in [0.2, 0.25) is 10.0 Å². The molecule has 1 saturated heterocycles. The molecule has 1 unspecified atom stereocenters. The van der Waals surface area contributed by atoms with Gasteiger partial charge in [0.05, 0.1) is 11.4 Å². The molecule has 25 heavy (non-hydrogen) atoms. The Hall–Kier alpha value is -2.20. The molecule has 1 aliphatic carbocycles. The number of urea groups is 1. The van der Waals surface area contributed by atoms with Crippen LogP contribution in [0.25, 0.3) is 11.2 Å². The van der Waals surface area contributed by atoms with Gasteiger partial charge in [-0.15, -0.1) is 0 Å². The van der Waals surface area contributed by atoms with Crippen molar-refractivity contribution in [3.63, 3.8) is 0 Å². The van der Waals surface area contributed by atoms with Gasteiger partial charge in [0, 0.05) is 25.3 Å². The van der Waals surface area contributed by atoms with Gasteiger partial charge in [-0.1, -0.05) is 0 Å². The number of aromatic amines is 1. The van der Waals surface area contributed by atoms with E-state index in [9.17, 15) is 13.2 Å². The third kappa shape index (κ3) is 3.45. The Labute approximate surface area is 145 Å². The van der Waals surface area contributed by atoms with Crippen LogP contribution in [0.4, 0.5) is 10.6 Å². The first kappa shape index (κ1) is 16.3. The highest BCUT2D eigenvalue weighted by Crippen LogP contribution is 2.32. The summed E-state index contributed by atoms with van der Waals surface area (Å²) in [4.78, 5) is 23.6. The Balaban J connectivity index is 1.36. The molecule has 2 aliphatic rings. The van der Waals surface area contributed by atoms with Crippen LogP contribution in [0.5, 0.6) is 0 Å². The van der Waals surface area contributed by atoms with Crippen molar-refractivity contribution in [3.05, 3.63) is 18.5 Å². The van der Waals surface area contributed by atoms with E-state index < -0.39 is 16.1 Å². The number of hydrogen-bond donors (Lipinski definition) is 3. The van der Waals surface area contributed by atoms with Gasteiger partial charge in [-0.25, -0.2) is 23.2 Å². The minimum atomic E-state index is -3.20. The van der Waals surface area contributed by atoms with E-state index in [4.69, 9.17) is 0 Å². The number of nitrogens with one attached hydrogen (secondary N) is 3. The van der Waals surface area contributed by atoms with Gasteiger partial charge in [-0.3, -0.25) is 5.32 Å². The van der Waals surface area contributed by atoms with Crippen LogP contribution in [0.1, 0.15) is 25.7 Å². The molecule has 1 saturated carbocycles. The molecular formula is C15H20N6O3S. The number of fused-ring (bicyclic) bond motifs is 1. The molecule has 0 spiro atoms. The van der Waals surface area contributed by atoms with E-state index in [-0.39, 0.29) is 11.3 Å². The van der Waals surface area contributed by atoms with Crippen molar-refractivity contribution in [1.82, 2.24) is 24.6 Å². The lowest BCUT2D eigenvalue weighted by atomic mass is 10.1. The first-order valence-electron chi connectivity index (χ1n) is 8.39. The average molecular weight is 364 g/mol. The van der Waals surface area contributed by atoms with Crippen LogP contribution in [-0.4, -0.2) is 58.1 Å². The normalized spacial score (nSPS) is 22.0. The van der Waals surface area contributed by atoms with E-state index in [0.717, 1.165) is 25.7 Å². The Kier molecular flexibility index (Phi) is 4.08. The number of hydrogen-bond acceptors (Lipinski definition) is 5. The lowest BCUT2D eigenvalue weighted by Crippen LogP contribution is -2.51. The summed E-state index contributed by atoms with van der Waals surface area (Å²) in [7, 11) is -3.20. The van der Waals surface area contributed by atoms with Crippen LogP contribution in [0, 0.1) is 0 Å². The molecule has 10 heteroatoms. The highest BCUT2D eigenvalue weighted by molar-refractivity contribution is 7.90. The number of piperidine rings is 1. The SMILES string of the molecule is O=C(Nc1cnc2[nH]ccc2n1)NC1CCCN(S(=O)(=O)C2CC2)C1. The van der Waals surface area contributed by atoms with Gasteiger partial charge in [0.25, 0.3) is 0 Å². The van der Waals surface area contributed by atoms with E-state index in [1.54, 1.807) is 12.3 Å². The highest BCUT2D eigenvalue weighted by atomic mass is 32.2. The fourth-order valence-corrected chi connectivity index (χ4v) is 5.02. The lowest BCUT2D eigenvalue weighted by molar-refractivity contribution is 0.236. The summed E-state index contributed by atoms with van der Waals surface area (Å²) >= 11 is 0. The molecule has 3 N–H and O–H groups in total. The fourth-order valence-electron chi connectivity index (χ4n) is 3.10. The maximum atomic E-state index is 12.3. The molecule has 4 rings (SSSR count). The molecule has 9 nitrogen and oxygen atoms in total. The molecule has 1 aliphatic heterocycles. The van der Waals surface area contributed by atoms with Crippen LogP contribution in [0.3, 0.4) is 0 Å². The van der Waals surface area contributed by atoms with Gasteiger partial charge in [0.1, 0.15) is 5.52 Å². The average Bonchev–Trinajstić information content (AvgIpc) is 3.35. The Morgan fingerprint density at radius 2 is 2.16 bits per heavy atom. The Bertz CT molecular complexity index is 892. The van der Waals surface area contributed by atoms with Crippen molar-refractivity contribution in [2.45, 2.75) is 37.0 Å². The molecule has 1 atom stereocenters. The second kappa shape index (κ2) is 6.26. The van der Waals surface area contributed by atoms with E-state index in [0.29, 0.717) is 30.1 Å². The molecule has 0 bridgehead atoms. The van der Waals surface area contributed by atoms with E-state index in [1.165, 1.54) is 10.5 Å². The summed E-state index contributed by atoms with van der Waals surface area (Å²) in [5.41, 5.74) is 1.32. The largest absolute Gasteiger partial charge is 0.345 e. The van der Waals surface area contributed by atoms with Gasteiger partial charge >= 0.3 is 6.03 Å². The monoisotopic (exact) mass is 364 g/mol. The quantitative estimate of drug-likeness (QED) is 0.748. The number of H-pyrrole nitrogens is 1. The van der Waals surface area contributed by atoms with E-state index in [1.807, 2.05) is 0 Å². The zero-order chi connectivity index (χ0) is 17.4. The van der Waals surface area contributed by atoms with Gasteiger partial charge in [-0.2, -0.15) is 4.31 Å². The third-order valence-electron chi connectivity index (χ3n) is 4.53. The topological polar surface area (TPSA) is 120 Å². The highest BCUT2D eigenvalue weighted by Gasteiger charge is 2.41. The standard InChI is InChI=1S/C15H20N6O3S/c22-15(20-13-8-17-14-12(19-13)5-6-16-14)18-10-2-1-7-21(9-10)25(23,24)11-3-4-11/h5-6,8,10-11H,1-4,7,9H2,(H,16,17)(H2,18,19,20,22). The molecule has 2 amide bonds. The first-order valence-corrected chi connectivity index (χ1v) is 9.89. The Morgan fingerprint density at radius 1 is 1.32 bits per heavy atom. The summed E-state index contributed by atoms with van der Waals surface area (Å²) in [6.45, 7) is 0.864. The molecule has 0 radical (unpaired) electrons. The minimum Gasteiger partial charge on any atom is -0.345 e. The molecule has 0 aromatic carbocycles. The number of sulfonamides is 1. The number of carbonyl (C=O) groups is 1. The van der Waals surface area contributed by atoms with Crippen molar-refractivity contribution < 1.29 is 13.2 Å². The minimum absolute atomic E-state index is 0.203. The first-order chi connectivity index (χ1) is 12.0.